The molecule has 0 unspecified atom stereocenters. The molecule has 7 heteroatoms. The molecule has 0 fully saturated rings. The van der Waals surface area contributed by atoms with E-state index in [1.165, 1.54) is 4.88 Å². The molecule has 0 radical (unpaired) electrons. The van der Waals surface area contributed by atoms with Crippen molar-refractivity contribution >= 4 is 17.4 Å². The molecule has 6 nitrogen and oxygen atoms in total. The second kappa shape index (κ2) is 7.34. The van der Waals surface area contributed by atoms with E-state index in [9.17, 15) is 4.79 Å². The van der Waals surface area contributed by atoms with Crippen LogP contribution in [-0.2, 0) is 12.0 Å². The molecule has 0 aliphatic heterocycles. The average Bonchev–Trinajstić information content (AvgIpc) is 3.04. The van der Waals surface area contributed by atoms with Gasteiger partial charge in [0.05, 0.1) is 22.3 Å². The Morgan fingerprint density at radius 3 is 2.62 bits per heavy atom. The molecule has 2 rings (SSSR count). The maximum atomic E-state index is 12.1. The molecule has 2 aromatic heterocycles. The number of hydrogen-bond acceptors (Lipinski definition) is 4. The van der Waals surface area contributed by atoms with Gasteiger partial charge in [-0.15, -0.1) is 11.3 Å². The van der Waals surface area contributed by atoms with Gasteiger partial charge in [-0.1, -0.05) is 0 Å². The van der Waals surface area contributed by atoms with Crippen molar-refractivity contribution < 1.29 is 4.79 Å². The number of carbonyl (C=O) groups excluding carboxylic acids is 1. The fraction of sp³-hybridized carbons (Fsp3) is 0.588. The number of nitrogens with one attached hydrogen (secondary N) is 2. The second-order valence-corrected chi connectivity index (χ2v) is 8.34. The number of thiazole rings is 1. The average molecular weight is 350 g/mol. The molecule has 0 aliphatic carbocycles. The lowest BCUT2D eigenvalue weighted by Gasteiger charge is -2.19. The number of aromatic nitrogens is 3. The molecule has 0 aliphatic rings. The van der Waals surface area contributed by atoms with E-state index in [1.54, 1.807) is 11.3 Å². The zero-order valence-electron chi connectivity index (χ0n) is 15.3. The van der Waals surface area contributed by atoms with Crippen LogP contribution in [0.1, 0.15) is 54.9 Å². The Morgan fingerprint density at radius 1 is 1.38 bits per heavy atom. The molecule has 1 atom stereocenters. The van der Waals surface area contributed by atoms with Crippen molar-refractivity contribution in [2.45, 2.75) is 59.5 Å². The van der Waals surface area contributed by atoms with Crippen LogP contribution in [0.2, 0.25) is 0 Å². The largest absolute Gasteiger partial charge is 0.338 e. The van der Waals surface area contributed by atoms with Crippen LogP contribution >= 0.6 is 11.3 Å². The lowest BCUT2D eigenvalue weighted by molar-refractivity contribution is 0.238. The Balaban J connectivity index is 1.86. The van der Waals surface area contributed by atoms with Crippen LogP contribution in [0.25, 0.3) is 0 Å². The van der Waals surface area contributed by atoms with E-state index in [-0.39, 0.29) is 17.6 Å². The van der Waals surface area contributed by atoms with E-state index < -0.39 is 0 Å². The summed E-state index contributed by atoms with van der Waals surface area (Å²) in [6.45, 7) is 12.9. The number of aryl methyl sites for hydroxylation is 2. The molecular weight excluding hydrogens is 322 g/mol. The summed E-state index contributed by atoms with van der Waals surface area (Å²) in [4.78, 5) is 17.6. The molecule has 2 amide bonds. The van der Waals surface area contributed by atoms with Gasteiger partial charge in [-0.3, -0.25) is 4.68 Å². The Morgan fingerprint density at radius 2 is 2.08 bits per heavy atom. The predicted molar refractivity (Wildman–Crippen MR) is 97.5 cm³/mol. The van der Waals surface area contributed by atoms with Gasteiger partial charge in [-0.05, 0) is 41.5 Å². The summed E-state index contributed by atoms with van der Waals surface area (Å²) in [6, 6.07) is -0.262. The van der Waals surface area contributed by atoms with Gasteiger partial charge in [0.1, 0.15) is 0 Å². The summed E-state index contributed by atoms with van der Waals surface area (Å²) in [5.41, 5.74) is 1.91. The van der Waals surface area contributed by atoms with E-state index in [0.29, 0.717) is 6.54 Å². The fourth-order valence-electron chi connectivity index (χ4n) is 2.37. The minimum absolute atomic E-state index is 0.0726. The first kappa shape index (κ1) is 18.4. The van der Waals surface area contributed by atoms with Crippen LogP contribution in [0.5, 0.6) is 0 Å². The molecule has 0 aromatic carbocycles. The number of nitrogens with zero attached hydrogens (tertiary/aromatic N) is 3. The predicted octanol–water partition coefficient (Wildman–Crippen LogP) is 3.31. The lowest BCUT2D eigenvalue weighted by Crippen LogP contribution is -2.38. The molecule has 0 saturated carbocycles. The van der Waals surface area contributed by atoms with E-state index in [2.05, 4.69) is 41.5 Å². The quantitative estimate of drug-likeness (QED) is 0.870. The van der Waals surface area contributed by atoms with E-state index >= 15 is 0 Å². The summed E-state index contributed by atoms with van der Waals surface area (Å²) in [5, 5.41) is 11.5. The fourth-order valence-corrected chi connectivity index (χ4v) is 3.15. The summed E-state index contributed by atoms with van der Waals surface area (Å²) in [7, 11) is 0. The van der Waals surface area contributed by atoms with Crippen molar-refractivity contribution in [3.63, 3.8) is 0 Å². The van der Waals surface area contributed by atoms with Crippen molar-refractivity contribution in [3.8, 4) is 0 Å². The SMILES string of the molecule is Cc1cnc(CCNC(=O)N[C@@H](C)c2cn(C(C)(C)C)nc2C)s1. The Bertz CT molecular complexity index is 698. The van der Waals surface area contributed by atoms with Crippen molar-refractivity contribution in [2.24, 2.45) is 0 Å². The lowest BCUT2D eigenvalue weighted by atomic mass is 10.1. The number of amides is 2. The number of rotatable bonds is 5. The Labute approximate surface area is 147 Å². The van der Waals surface area contributed by atoms with Crippen molar-refractivity contribution in [1.82, 2.24) is 25.4 Å². The summed E-state index contributed by atoms with van der Waals surface area (Å²) in [6.07, 6.45) is 4.62. The van der Waals surface area contributed by atoms with Gasteiger partial charge in [0, 0.05) is 35.8 Å². The standard InChI is InChI=1S/C17H27N5OS/c1-11-9-19-15(24-11)7-8-18-16(23)20-12(2)14-10-22(17(4,5)6)21-13(14)3/h9-10,12H,7-8H2,1-6H3,(H2,18,20,23)/t12-/m0/s1. The molecule has 2 heterocycles. The van der Waals surface area contributed by atoms with Crippen LogP contribution in [0.3, 0.4) is 0 Å². The minimum atomic E-state index is -0.168. The third-order valence-electron chi connectivity index (χ3n) is 3.73. The van der Waals surface area contributed by atoms with E-state index in [0.717, 1.165) is 22.7 Å². The molecular formula is C17H27N5OS. The highest BCUT2D eigenvalue weighted by atomic mass is 32.1. The van der Waals surface area contributed by atoms with Gasteiger partial charge in [0.2, 0.25) is 0 Å². The third kappa shape index (κ3) is 4.80. The summed E-state index contributed by atoms with van der Waals surface area (Å²) < 4.78 is 1.94. The van der Waals surface area contributed by atoms with Crippen molar-refractivity contribution in [3.05, 3.63) is 33.5 Å². The molecule has 2 N–H and O–H groups in total. The highest BCUT2D eigenvalue weighted by molar-refractivity contribution is 7.11. The molecule has 0 spiro atoms. The van der Waals surface area contributed by atoms with Gasteiger partial charge < -0.3 is 10.6 Å². The van der Waals surface area contributed by atoms with Crippen LogP contribution in [0.4, 0.5) is 4.79 Å². The number of urea groups is 1. The van der Waals surface area contributed by atoms with Gasteiger partial charge in [0.25, 0.3) is 0 Å². The first-order valence-electron chi connectivity index (χ1n) is 8.19. The van der Waals surface area contributed by atoms with E-state index in [1.807, 2.05) is 37.8 Å². The van der Waals surface area contributed by atoms with Crippen LogP contribution < -0.4 is 10.6 Å². The van der Waals surface area contributed by atoms with Gasteiger partial charge >= 0.3 is 6.03 Å². The highest BCUT2D eigenvalue weighted by Crippen LogP contribution is 2.21. The zero-order chi connectivity index (χ0) is 17.9. The Kier molecular flexibility index (Phi) is 5.64. The number of hydrogen-bond donors (Lipinski definition) is 2. The van der Waals surface area contributed by atoms with E-state index in [4.69, 9.17) is 0 Å². The molecule has 0 bridgehead atoms. The minimum Gasteiger partial charge on any atom is -0.338 e. The van der Waals surface area contributed by atoms with Gasteiger partial charge in [0.15, 0.2) is 0 Å². The topological polar surface area (TPSA) is 71.8 Å². The molecule has 24 heavy (non-hydrogen) atoms. The van der Waals surface area contributed by atoms with Gasteiger partial charge in [-0.25, -0.2) is 9.78 Å². The first-order valence-corrected chi connectivity index (χ1v) is 9.01. The molecule has 132 valence electrons. The van der Waals surface area contributed by atoms with Crippen LogP contribution in [0.15, 0.2) is 12.4 Å². The number of carbonyl (C=O) groups is 1. The van der Waals surface area contributed by atoms with Crippen molar-refractivity contribution in [1.29, 1.82) is 0 Å². The van der Waals surface area contributed by atoms with Crippen LogP contribution in [-0.4, -0.2) is 27.3 Å². The second-order valence-electron chi connectivity index (χ2n) is 7.02. The molecule has 2 aromatic rings. The third-order valence-corrected chi connectivity index (χ3v) is 4.70. The van der Waals surface area contributed by atoms with Crippen LogP contribution in [0, 0.1) is 13.8 Å². The Hall–Kier alpha value is -1.89. The summed E-state index contributed by atoms with van der Waals surface area (Å²) in [5.74, 6) is 0. The van der Waals surface area contributed by atoms with Gasteiger partial charge in [-0.2, -0.15) is 5.10 Å². The molecule has 0 saturated heterocycles. The normalized spacial score (nSPS) is 12.9. The first-order chi connectivity index (χ1) is 11.2. The summed E-state index contributed by atoms with van der Waals surface area (Å²) >= 11 is 1.66. The van der Waals surface area contributed by atoms with Crippen molar-refractivity contribution in [2.75, 3.05) is 6.54 Å². The highest BCUT2D eigenvalue weighted by Gasteiger charge is 2.20. The smallest absolute Gasteiger partial charge is 0.315 e. The monoisotopic (exact) mass is 349 g/mol. The maximum absolute atomic E-state index is 12.1. The zero-order valence-corrected chi connectivity index (χ0v) is 16.1. The maximum Gasteiger partial charge on any atom is 0.315 e.